The third-order valence-electron chi connectivity index (χ3n) is 2.30. The molecule has 4 heteroatoms. The molecule has 0 saturated heterocycles. The van der Waals surface area contributed by atoms with Crippen LogP contribution < -0.4 is 11.1 Å². The van der Waals surface area contributed by atoms with Gasteiger partial charge in [0, 0.05) is 23.5 Å². The van der Waals surface area contributed by atoms with Crippen LogP contribution in [0.25, 0.3) is 0 Å². The fourth-order valence-corrected chi connectivity index (χ4v) is 2.67. The highest BCUT2D eigenvalue weighted by molar-refractivity contribution is 9.11. The maximum Gasteiger partial charge on any atom is 0.0701 e. The van der Waals surface area contributed by atoms with E-state index >= 15 is 0 Å². The molecule has 0 spiro atoms. The normalized spacial score (nSPS) is 18.9. The van der Waals surface area contributed by atoms with E-state index in [-0.39, 0.29) is 5.54 Å². The van der Waals surface area contributed by atoms with Crippen LogP contribution in [0.2, 0.25) is 0 Å². The van der Waals surface area contributed by atoms with Crippen LogP contribution in [0.15, 0.2) is 15.9 Å². The second-order valence-electron chi connectivity index (χ2n) is 3.67. The van der Waals surface area contributed by atoms with Crippen molar-refractivity contribution in [1.82, 2.24) is 5.32 Å². The van der Waals surface area contributed by atoms with Gasteiger partial charge >= 0.3 is 0 Å². The molecule has 1 aliphatic carbocycles. The van der Waals surface area contributed by atoms with Crippen LogP contribution in [-0.2, 0) is 6.54 Å². The standard InChI is InChI=1S/C9H13BrN2S/c10-8-2-1-7(13-8)5-12-6-9(11)3-4-9/h1-2,12H,3-6,11H2. The minimum atomic E-state index is 0.120. The lowest BCUT2D eigenvalue weighted by molar-refractivity contribution is 0.572. The van der Waals surface area contributed by atoms with Gasteiger partial charge in [0.25, 0.3) is 0 Å². The van der Waals surface area contributed by atoms with Gasteiger partial charge in [-0.15, -0.1) is 11.3 Å². The molecule has 72 valence electrons. The highest BCUT2D eigenvalue weighted by atomic mass is 79.9. The molecule has 0 unspecified atom stereocenters. The van der Waals surface area contributed by atoms with E-state index in [9.17, 15) is 0 Å². The van der Waals surface area contributed by atoms with Crippen LogP contribution in [-0.4, -0.2) is 12.1 Å². The molecule has 1 saturated carbocycles. The Morgan fingerprint density at radius 1 is 1.54 bits per heavy atom. The Morgan fingerprint density at radius 2 is 2.31 bits per heavy atom. The number of hydrogen-bond donors (Lipinski definition) is 2. The molecule has 0 bridgehead atoms. The lowest BCUT2D eigenvalue weighted by atomic mass is 10.3. The highest BCUT2D eigenvalue weighted by Crippen LogP contribution is 2.31. The van der Waals surface area contributed by atoms with Crippen LogP contribution in [0.3, 0.4) is 0 Å². The van der Waals surface area contributed by atoms with Gasteiger partial charge in [-0.1, -0.05) is 0 Å². The van der Waals surface area contributed by atoms with Crippen molar-refractivity contribution in [2.75, 3.05) is 6.54 Å². The summed E-state index contributed by atoms with van der Waals surface area (Å²) in [5.41, 5.74) is 6.07. The molecule has 1 aliphatic rings. The van der Waals surface area contributed by atoms with Crippen molar-refractivity contribution < 1.29 is 0 Å². The fourth-order valence-electron chi connectivity index (χ4n) is 1.22. The molecule has 0 aromatic carbocycles. The zero-order valence-electron chi connectivity index (χ0n) is 7.35. The van der Waals surface area contributed by atoms with Gasteiger partial charge in [0.05, 0.1) is 3.79 Å². The Hall–Kier alpha value is 0.1000. The van der Waals surface area contributed by atoms with Gasteiger partial charge in [0.1, 0.15) is 0 Å². The van der Waals surface area contributed by atoms with Gasteiger partial charge < -0.3 is 11.1 Å². The van der Waals surface area contributed by atoms with Crippen molar-refractivity contribution in [3.63, 3.8) is 0 Å². The quantitative estimate of drug-likeness (QED) is 0.871. The third kappa shape index (κ3) is 2.77. The van der Waals surface area contributed by atoms with E-state index < -0.39 is 0 Å². The van der Waals surface area contributed by atoms with Gasteiger partial charge in [-0.2, -0.15) is 0 Å². The summed E-state index contributed by atoms with van der Waals surface area (Å²) in [7, 11) is 0. The van der Waals surface area contributed by atoms with E-state index in [1.54, 1.807) is 11.3 Å². The Labute approximate surface area is 90.6 Å². The molecule has 0 radical (unpaired) electrons. The lowest BCUT2D eigenvalue weighted by Crippen LogP contribution is -2.35. The molecule has 2 nitrogen and oxygen atoms in total. The predicted octanol–water partition coefficient (Wildman–Crippen LogP) is 2.09. The molecule has 0 amide bonds. The summed E-state index contributed by atoms with van der Waals surface area (Å²) in [6.45, 7) is 1.89. The number of hydrogen-bond acceptors (Lipinski definition) is 3. The van der Waals surface area contributed by atoms with Crippen LogP contribution in [0.5, 0.6) is 0 Å². The molecule has 1 aromatic heterocycles. The summed E-state index contributed by atoms with van der Waals surface area (Å²) in [4.78, 5) is 1.36. The average molecular weight is 261 g/mol. The van der Waals surface area contributed by atoms with Gasteiger partial charge in [0.2, 0.25) is 0 Å². The van der Waals surface area contributed by atoms with Crippen LogP contribution >= 0.6 is 27.3 Å². The highest BCUT2D eigenvalue weighted by Gasteiger charge is 2.37. The molecule has 0 atom stereocenters. The van der Waals surface area contributed by atoms with E-state index in [1.165, 1.54) is 21.5 Å². The zero-order valence-corrected chi connectivity index (χ0v) is 9.75. The number of nitrogens with two attached hydrogens (primary N) is 1. The summed E-state index contributed by atoms with van der Waals surface area (Å²) in [6.07, 6.45) is 2.35. The number of halogens is 1. The molecular formula is C9H13BrN2S. The van der Waals surface area contributed by atoms with E-state index in [1.807, 2.05) is 0 Å². The van der Waals surface area contributed by atoms with Crippen molar-refractivity contribution in [3.05, 3.63) is 20.8 Å². The molecular weight excluding hydrogens is 248 g/mol. The summed E-state index contributed by atoms with van der Waals surface area (Å²) in [5, 5.41) is 3.38. The van der Waals surface area contributed by atoms with Crippen molar-refractivity contribution in [1.29, 1.82) is 0 Å². The zero-order chi connectivity index (χ0) is 9.31. The van der Waals surface area contributed by atoms with Gasteiger partial charge in [0.15, 0.2) is 0 Å². The monoisotopic (exact) mass is 260 g/mol. The van der Waals surface area contributed by atoms with Crippen molar-refractivity contribution in [3.8, 4) is 0 Å². The van der Waals surface area contributed by atoms with Crippen molar-refractivity contribution >= 4 is 27.3 Å². The molecule has 2 rings (SSSR count). The number of nitrogens with one attached hydrogen (secondary N) is 1. The third-order valence-corrected chi connectivity index (χ3v) is 3.92. The first-order valence-corrected chi connectivity index (χ1v) is 6.03. The summed E-state index contributed by atoms with van der Waals surface area (Å²) < 4.78 is 1.19. The Balaban J connectivity index is 1.73. The summed E-state index contributed by atoms with van der Waals surface area (Å²) >= 11 is 5.21. The van der Waals surface area contributed by atoms with Crippen LogP contribution in [0.1, 0.15) is 17.7 Å². The van der Waals surface area contributed by atoms with E-state index in [4.69, 9.17) is 5.73 Å². The van der Waals surface area contributed by atoms with E-state index in [0.29, 0.717) is 0 Å². The first kappa shape index (κ1) is 9.65. The SMILES string of the molecule is NC1(CNCc2ccc(Br)s2)CC1. The average Bonchev–Trinajstić information content (AvgIpc) is 2.65. The summed E-state index contributed by atoms with van der Waals surface area (Å²) in [5.74, 6) is 0. The number of thiophene rings is 1. The first-order chi connectivity index (χ1) is 6.18. The van der Waals surface area contributed by atoms with E-state index in [0.717, 1.165) is 13.1 Å². The summed E-state index contributed by atoms with van der Waals surface area (Å²) in [6, 6.07) is 4.22. The molecule has 1 fully saturated rings. The molecule has 3 N–H and O–H groups in total. The smallest absolute Gasteiger partial charge is 0.0701 e. The Morgan fingerprint density at radius 3 is 2.85 bits per heavy atom. The maximum atomic E-state index is 5.95. The second kappa shape index (κ2) is 3.69. The topological polar surface area (TPSA) is 38.0 Å². The number of rotatable bonds is 4. The second-order valence-corrected chi connectivity index (χ2v) is 6.22. The minimum absolute atomic E-state index is 0.120. The maximum absolute atomic E-state index is 5.95. The largest absolute Gasteiger partial charge is 0.324 e. The van der Waals surface area contributed by atoms with Crippen LogP contribution in [0, 0.1) is 0 Å². The van der Waals surface area contributed by atoms with E-state index in [2.05, 4.69) is 33.4 Å². The van der Waals surface area contributed by atoms with Gasteiger partial charge in [-0.05, 0) is 40.9 Å². The molecule has 0 aliphatic heterocycles. The van der Waals surface area contributed by atoms with Gasteiger partial charge in [-0.3, -0.25) is 0 Å². The minimum Gasteiger partial charge on any atom is -0.324 e. The first-order valence-electron chi connectivity index (χ1n) is 4.42. The Kier molecular flexibility index (Phi) is 2.74. The lowest BCUT2D eigenvalue weighted by Gasteiger charge is -2.08. The molecule has 13 heavy (non-hydrogen) atoms. The van der Waals surface area contributed by atoms with Crippen molar-refractivity contribution in [2.45, 2.75) is 24.9 Å². The molecule has 1 aromatic rings. The van der Waals surface area contributed by atoms with Crippen molar-refractivity contribution in [2.24, 2.45) is 5.73 Å². The van der Waals surface area contributed by atoms with Crippen LogP contribution in [0.4, 0.5) is 0 Å². The van der Waals surface area contributed by atoms with Gasteiger partial charge in [-0.25, -0.2) is 0 Å². The predicted molar refractivity (Wildman–Crippen MR) is 59.9 cm³/mol. The fraction of sp³-hybridized carbons (Fsp3) is 0.556. The molecule has 1 heterocycles. The Bertz CT molecular complexity index is 294.